The first-order valence-corrected chi connectivity index (χ1v) is 11.6. The molecule has 31 heavy (non-hydrogen) atoms. The minimum atomic E-state index is -0.00791. The van der Waals surface area contributed by atoms with Crippen molar-refractivity contribution < 1.29 is 19.0 Å². The highest BCUT2D eigenvalue weighted by Gasteiger charge is 2.31. The second-order valence-electron chi connectivity index (χ2n) is 7.61. The van der Waals surface area contributed by atoms with E-state index in [-0.39, 0.29) is 17.7 Å². The molecule has 2 unspecified atom stereocenters. The smallest absolute Gasteiger partial charge is 0.230 e. The largest absolute Gasteiger partial charge is 0.497 e. The molecule has 0 radical (unpaired) electrons. The van der Waals surface area contributed by atoms with E-state index in [9.17, 15) is 4.79 Å². The highest BCUT2D eigenvalue weighted by atomic mass is 32.2. The third-order valence-electron chi connectivity index (χ3n) is 5.73. The highest BCUT2D eigenvalue weighted by molar-refractivity contribution is 7.99. The summed E-state index contributed by atoms with van der Waals surface area (Å²) in [6, 6.07) is 7.92. The van der Waals surface area contributed by atoms with Crippen LogP contribution < -0.4 is 10.1 Å². The maximum absolute atomic E-state index is 12.6. The van der Waals surface area contributed by atoms with Crippen LogP contribution >= 0.6 is 11.8 Å². The fourth-order valence-corrected chi connectivity index (χ4v) is 4.76. The molecule has 168 valence electrons. The van der Waals surface area contributed by atoms with Gasteiger partial charge in [0.15, 0.2) is 5.16 Å². The van der Waals surface area contributed by atoms with Gasteiger partial charge < -0.3 is 19.5 Å². The summed E-state index contributed by atoms with van der Waals surface area (Å²) in [5, 5.41) is 12.0. The number of methoxy groups -OCH3 is 1. The first kappa shape index (κ1) is 22.1. The second-order valence-corrected chi connectivity index (χ2v) is 8.56. The lowest BCUT2D eigenvalue weighted by atomic mass is 9.97. The molecule has 2 atom stereocenters. The van der Waals surface area contributed by atoms with Crippen LogP contribution in [0.5, 0.6) is 5.75 Å². The first-order chi connectivity index (χ1) is 15.2. The second kappa shape index (κ2) is 10.9. The number of rotatable bonds is 9. The number of morpholine rings is 1. The van der Waals surface area contributed by atoms with Crippen molar-refractivity contribution in [1.29, 1.82) is 0 Å². The lowest BCUT2D eigenvalue weighted by Crippen LogP contribution is -2.52. The number of nitrogens with zero attached hydrogens (tertiary/aromatic N) is 4. The Labute approximate surface area is 186 Å². The van der Waals surface area contributed by atoms with E-state index in [1.807, 2.05) is 28.8 Å². The number of carbonyl (C=O) groups is 1. The molecule has 0 spiro atoms. The molecule has 1 N–H and O–H groups in total. The summed E-state index contributed by atoms with van der Waals surface area (Å²) >= 11 is 1.37. The SMILES string of the molecule is COc1ccc(-n2cnnc2SCC(=O)NCC(C2CCOC2)N2CCOCC2)cc1. The minimum absolute atomic E-state index is 0.00791. The van der Waals surface area contributed by atoms with Gasteiger partial charge in [-0.25, -0.2) is 0 Å². The molecular weight excluding hydrogens is 418 g/mol. The van der Waals surface area contributed by atoms with E-state index >= 15 is 0 Å². The van der Waals surface area contributed by atoms with E-state index < -0.39 is 0 Å². The molecule has 0 bridgehead atoms. The fraction of sp³-hybridized carbons (Fsp3) is 0.571. The summed E-state index contributed by atoms with van der Waals surface area (Å²) in [6.45, 7) is 5.48. The zero-order valence-electron chi connectivity index (χ0n) is 17.7. The molecule has 2 saturated heterocycles. The first-order valence-electron chi connectivity index (χ1n) is 10.6. The quantitative estimate of drug-likeness (QED) is 0.574. The van der Waals surface area contributed by atoms with Gasteiger partial charge in [-0.1, -0.05) is 11.8 Å². The average molecular weight is 448 g/mol. The van der Waals surface area contributed by atoms with E-state index in [0.717, 1.165) is 57.4 Å². The Morgan fingerprint density at radius 1 is 1.26 bits per heavy atom. The molecule has 0 aliphatic carbocycles. The summed E-state index contributed by atoms with van der Waals surface area (Å²) in [7, 11) is 1.64. The van der Waals surface area contributed by atoms with Gasteiger partial charge >= 0.3 is 0 Å². The Morgan fingerprint density at radius 3 is 2.77 bits per heavy atom. The lowest BCUT2D eigenvalue weighted by Gasteiger charge is -2.37. The van der Waals surface area contributed by atoms with Crippen molar-refractivity contribution in [3.8, 4) is 11.4 Å². The maximum Gasteiger partial charge on any atom is 0.230 e. The molecule has 0 saturated carbocycles. The summed E-state index contributed by atoms with van der Waals surface area (Å²) in [5.74, 6) is 1.51. The zero-order valence-corrected chi connectivity index (χ0v) is 18.6. The third-order valence-corrected chi connectivity index (χ3v) is 6.67. The van der Waals surface area contributed by atoms with Crippen LogP contribution in [0.15, 0.2) is 35.7 Å². The van der Waals surface area contributed by atoms with Crippen LogP contribution in [0.3, 0.4) is 0 Å². The van der Waals surface area contributed by atoms with Crippen molar-refractivity contribution in [2.75, 3.05) is 58.9 Å². The van der Waals surface area contributed by atoms with Crippen LogP contribution in [0.4, 0.5) is 0 Å². The van der Waals surface area contributed by atoms with Crippen LogP contribution in [0, 0.1) is 5.92 Å². The lowest BCUT2D eigenvalue weighted by molar-refractivity contribution is -0.119. The molecule has 2 fully saturated rings. The van der Waals surface area contributed by atoms with E-state index in [2.05, 4.69) is 20.4 Å². The number of hydrogen-bond donors (Lipinski definition) is 1. The van der Waals surface area contributed by atoms with Crippen LogP contribution in [0.25, 0.3) is 5.69 Å². The molecule has 1 aromatic carbocycles. The Morgan fingerprint density at radius 2 is 2.06 bits per heavy atom. The van der Waals surface area contributed by atoms with Crippen molar-refractivity contribution in [2.45, 2.75) is 17.6 Å². The Kier molecular flexibility index (Phi) is 7.79. The summed E-state index contributed by atoms with van der Waals surface area (Å²) < 4.78 is 18.2. The number of aromatic nitrogens is 3. The molecule has 9 nitrogen and oxygen atoms in total. The number of benzene rings is 1. The number of ether oxygens (including phenoxy) is 3. The summed E-state index contributed by atoms with van der Waals surface area (Å²) in [4.78, 5) is 15.0. The molecule has 2 aliphatic heterocycles. The van der Waals surface area contributed by atoms with Gasteiger partial charge in [0.25, 0.3) is 0 Å². The molecule has 1 amide bonds. The Bertz CT molecular complexity index is 835. The normalized spacial score (nSPS) is 20.5. The number of amides is 1. The third kappa shape index (κ3) is 5.76. The van der Waals surface area contributed by atoms with Crippen molar-refractivity contribution in [2.24, 2.45) is 5.92 Å². The van der Waals surface area contributed by atoms with E-state index in [4.69, 9.17) is 14.2 Å². The Hall–Kier alpha value is -2.14. The van der Waals surface area contributed by atoms with E-state index in [1.165, 1.54) is 11.8 Å². The van der Waals surface area contributed by atoms with Crippen molar-refractivity contribution >= 4 is 17.7 Å². The van der Waals surface area contributed by atoms with Crippen LogP contribution in [0.1, 0.15) is 6.42 Å². The average Bonchev–Trinajstić information content (AvgIpc) is 3.51. The molecule has 2 aliphatic rings. The Balaban J connectivity index is 1.31. The standard InChI is InChI=1S/C21H29N5O4S/c1-28-18-4-2-17(3-5-18)26-15-23-24-21(26)31-14-20(27)22-12-19(16-6-9-30-13-16)25-7-10-29-11-8-25/h2-5,15-16,19H,6-14H2,1H3,(H,22,27). The van der Waals surface area contributed by atoms with Crippen molar-refractivity contribution in [1.82, 2.24) is 25.0 Å². The molecule has 10 heteroatoms. The number of thioether (sulfide) groups is 1. The van der Waals surface area contributed by atoms with Crippen LogP contribution in [-0.2, 0) is 14.3 Å². The molecular formula is C21H29N5O4S. The van der Waals surface area contributed by atoms with Gasteiger partial charge in [0, 0.05) is 43.9 Å². The van der Waals surface area contributed by atoms with E-state index in [0.29, 0.717) is 17.6 Å². The molecule has 4 rings (SSSR count). The van der Waals surface area contributed by atoms with E-state index in [1.54, 1.807) is 13.4 Å². The van der Waals surface area contributed by atoms with Gasteiger partial charge in [0.2, 0.25) is 5.91 Å². The maximum atomic E-state index is 12.6. The van der Waals surface area contributed by atoms with Crippen LogP contribution in [-0.4, -0.2) is 90.5 Å². The number of nitrogens with one attached hydrogen (secondary N) is 1. The number of hydrogen-bond acceptors (Lipinski definition) is 8. The molecule has 2 aromatic rings. The van der Waals surface area contributed by atoms with Gasteiger partial charge in [-0.2, -0.15) is 0 Å². The number of carbonyl (C=O) groups excluding carboxylic acids is 1. The predicted octanol–water partition coefficient (Wildman–Crippen LogP) is 1.22. The van der Waals surface area contributed by atoms with Gasteiger partial charge in [-0.3, -0.25) is 14.3 Å². The van der Waals surface area contributed by atoms with Crippen molar-refractivity contribution in [3.05, 3.63) is 30.6 Å². The molecule has 3 heterocycles. The summed E-state index contributed by atoms with van der Waals surface area (Å²) in [5.41, 5.74) is 0.919. The minimum Gasteiger partial charge on any atom is -0.497 e. The van der Waals surface area contributed by atoms with Crippen LogP contribution in [0.2, 0.25) is 0 Å². The predicted molar refractivity (Wildman–Crippen MR) is 117 cm³/mol. The fourth-order valence-electron chi connectivity index (χ4n) is 4.00. The van der Waals surface area contributed by atoms with Gasteiger partial charge in [-0.05, 0) is 30.7 Å². The van der Waals surface area contributed by atoms with Gasteiger partial charge in [0.05, 0.1) is 32.7 Å². The van der Waals surface area contributed by atoms with Crippen molar-refractivity contribution in [3.63, 3.8) is 0 Å². The highest BCUT2D eigenvalue weighted by Crippen LogP contribution is 2.23. The summed E-state index contributed by atoms with van der Waals surface area (Å²) in [6.07, 6.45) is 2.69. The molecule has 1 aromatic heterocycles. The van der Waals surface area contributed by atoms with Gasteiger partial charge in [-0.15, -0.1) is 10.2 Å². The topological polar surface area (TPSA) is 90.7 Å². The monoisotopic (exact) mass is 447 g/mol. The zero-order chi connectivity index (χ0) is 21.5. The van der Waals surface area contributed by atoms with Gasteiger partial charge in [0.1, 0.15) is 12.1 Å².